The summed E-state index contributed by atoms with van der Waals surface area (Å²) in [5, 5.41) is 0. The van der Waals surface area contributed by atoms with E-state index in [-0.39, 0.29) is 17.8 Å². The Hall–Kier alpha value is -1.46. The molecule has 0 bridgehead atoms. The van der Waals surface area contributed by atoms with E-state index in [1.807, 2.05) is 12.1 Å². The van der Waals surface area contributed by atoms with Crippen LogP contribution in [0.25, 0.3) is 0 Å². The molecule has 0 aromatic heterocycles. The second kappa shape index (κ2) is 10.0. The molecule has 0 spiro atoms. The van der Waals surface area contributed by atoms with Crippen LogP contribution >= 0.6 is 0 Å². The fraction of sp³-hybridized carbons (Fsp3) is 0.708. The molecule has 1 saturated carbocycles. The van der Waals surface area contributed by atoms with E-state index >= 15 is 0 Å². The van der Waals surface area contributed by atoms with Gasteiger partial charge in [-0.15, -0.1) is 0 Å². The lowest BCUT2D eigenvalue weighted by atomic mass is 9.94. The Morgan fingerprint density at radius 1 is 1.03 bits per heavy atom. The Morgan fingerprint density at radius 3 is 2.48 bits per heavy atom. The molecule has 1 aromatic carbocycles. The standard InChI is InChI=1S/C24H35FN2O2/c25-23-10-4-3-8-21(23)17-26-13-11-19(12-14-26)16-27(18-22-9-5-15-29-22)24(28)20-6-1-2-7-20/h3-4,8,10,19-20,22H,1-2,5-7,9,11-18H2/t22-/m1/s1. The predicted molar refractivity (Wildman–Crippen MR) is 112 cm³/mol. The van der Waals surface area contributed by atoms with Crippen LogP contribution in [0.2, 0.25) is 0 Å². The van der Waals surface area contributed by atoms with Crippen molar-refractivity contribution in [3.05, 3.63) is 35.6 Å². The number of carbonyl (C=O) groups excluding carboxylic acids is 1. The van der Waals surface area contributed by atoms with Crippen LogP contribution < -0.4 is 0 Å². The van der Waals surface area contributed by atoms with E-state index in [0.29, 0.717) is 18.4 Å². The first-order valence-electron chi connectivity index (χ1n) is 11.5. The van der Waals surface area contributed by atoms with Crippen LogP contribution in [-0.4, -0.2) is 54.6 Å². The summed E-state index contributed by atoms with van der Waals surface area (Å²) in [5.74, 6) is 1.03. The van der Waals surface area contributed by atoms with Gasteiger partial charge in [0.1, 0.15) is 5.82 Å². The van der Waals surface area contributed by atoms with Crippen LogP contribution in [0.1, 0.15) is 56.9 Å². The summed E-state index contributed by atoms with van der Waals surface area (Å²) in [4.78, 5) is 17.7. The molecule has 1 amide bonds. The Balaban J connectivity index is 1.30. The molecule has 1 aromatic rings. The van der Waals surface area contributed by atoms with Crippen LogP contribution in [0.4, 0.5) is 4.39 Å². The van der Waals surface area contributed by atoms with Crippen molar-refractivity contribution in [2.24, 2.45) is 11.8 Å². The van der Waals surface area contributed by atoms with E-state index in [1.165, 1.54) is 12.8 Å². The lowest BCUT2D eigenvalue weighted by Gasteiger charge is -2.36. The number of piperidine rings is 1. The van der Waals surface area contributed by atoms with E-state index in [0.717, 1.165) is 76.9 Å². The summed E-state index contributed by atoms with van der Waals surface area (Å²) >= 11 is 0. The van der Waals surface area contributed by atoms with Crippen molar-refractivity contribution in [3.63, 3.8) is 0 Å². The number of amides is 1. The van der Waals surface area contributed by atoms with Gasteiger partial charge in [0.05, 0.1) is 6.10 Å². The minimum absolute atomic E-state index is 0.112. The molecule has 1 atom stereocenters. The Morgan fingerprint density at radius 2 is 1.79 bits per heavy atom. The monoisotopic (exact) mass is 402 g/mol. The highest BCUT2D eigenvalue weighted by Gasteiger charge is 2.32. The molecule has 1 aliphatic carbocycles. The Labute approximate surface area is 174 Å². The second-order valence-corrected chi connectivity index (χ2v) is 9.17. The van der Waals surface area contributed by atoms with E-state index in [4.69, 9.17) is 4.74 Å². The summed E-state index contributed by atoms with van der Waals surface area (Å²) in [6, 6.07) is 7.07. The summed E-state index contributed by atoms with van der Waals surface area (Å²) in [6.45, 7) is 5.10. The molecule has 0 unspecified atom stereocenters. The van der Waals surface area contributed by atoms with E-state index in [9.17, 15) is 9.18 Å². The maximum absolute atomic E-state index is 13.9. The molecule has 4 rings (SSSR count). The van der Waals surface area contributed by atoms with E-state index < -0.39 is 0 Å². The van der Waals surface area contributed by atoms with Crippen molar-refractivity contribution in [1.82, 2.24) is 9.80 Å². The summed E-state index contributed by atoms with van der Waals surface area (Å²) in [7, 11) is 0. The number of carbonyl (C=O) groups is 1. The zero-order valence-corrected chi connectivity index (χ0v) is 17.5. The largest absolute Gasteiger partial charge is 0.376 e. The predicted octanol–water partition coefficient (Wildman–Crippen LogP) is 4.24. The number of ether oxygens (including phenoxy) is 1. The zero-order valence-electron chi connectivity index (χ0n) is 17.5. The zero-order chi connectivity index (χ0) is 20.1. The number of rotatable bonds is 7. The Kier molecular flexibility index (Phi) is 7.20. The first kappa shape index (κ1) is 20.8. The van der Waals surface area contributed by atoms with Crippen LogP contribution in [0.5, 0.6) is 0 Å². The topological polar surface area (TPSA) is 32.8 Å². The smallest absolute Gasteiger partial charge is 0.225 e. The molecule has 2 heterocycles. The molecule has 2 aliphatic heterocycles. The molecular formula is C24H35FN2O2. The van der Waals surface area contributed by atoms with Crippen molar-refractivity contribution in [1.29, 1.82) is 0 Å². The molecule has 160 valence electrons. The van der Waals surface area contributed by atoms with Gasteiger partial charge in [-0.05, 0) is 63.6 Å². The fourth-order valence-corrected chi connectivity index (χ4v) is 5.23. The van der Waals surface area contributed by atoms with E-state index in [1.54, 1.807) is 12.1 Å². The molecular weight excluding hydrogens is 367 g/mol. The number of benzene rings is 1. The molecule has 2 saturated heterocycles. The molecule has 0 radical (unpaired) electrons. The third-order valence-corrected chi connectivity index (χ3v) is 7.00. The highest BCUT2D eigenvalue weighted by molar-refractivity contribution is 5.79. The van der Waals surface area contributed by atoms with Crippen molar-refractivity contribution in [3.8, 4) is 0 Å². The first-order valence-corrected chi connectivity index (χ1v) is 11.5. The lowest BCUT2D eigenvalue weighted by Crippen LogP contribution is -2.45. The van der Waals surface area contributed by atoms with Gasteiger partial charge in [0.15, 0.2) is 0 Å². The molecule has 0 N–H and O–H groups in total. The average Bonchev–Trinajstić information content (AvgIpc) is 3.44. The minimum atomic E-state index is -0.112. The van der Waals surface area contributed by atoms with Crippen molar-refractivity contribution >= 4 is 5.91 Å². The summed E-state index contributed by atoms with van der Waals surface area (Å²) < 4.78 is 19.8. The van der Waals surface area contributed by atoms with Crippen LogP contribution in [0, 0.1) is 17.7 Å². The Bertz CT molecular complexity index is 663. The fourth-order valence-electron chi connectivity index (χ4n) is 5.23. The highest BCUT2D eigenvalue weighted by Crippen LogP contribution is 2.29. The number of nitrogens with zero attached hydrogens (tertiary/aromatic N) is 2. The van der Waals surface area contributed by atoms with Crippen molar-refractivity contribution in [2.45, 2.75) is 64.0 Å². The lowest BCUT2D eigenvalue weighted by molar-refractivity contribution is -0.138. The summed E-state index contributed by atoms with van der Waals surface area (Å²) in [6.07, 6.45) is 9.07. The molecule has 3 aliphatic rings. The van der Waals surface area contributed by atoms with Gasteiger partial charge in [0.25, 0.3) is 0 Å². The van der Waals surface area contributed by atoms with Gasteiger partial charge in [0.2, 0.25) is 5.91 Å². The maximum atomic E-state index is 13.9. The summed E-state index contributed by atoms with van der Waals surface area (Å²) in [5.41, 5.74) is 0.780. The van der Waals surface area contributed by atoms with Gasteiger partial charge in [0, 0.05) is 37.7 Å². The molecule has 4 nitrogen and oxygen atoms in total. The van der Waals surface area contributed by atoms with Gasteiger partial charge >= 0.3 is 0 Å². The number of hydrogen-bond donors (Lipinski definition) is 0. The van der Waals surface area contributed by atoms with Crippen molar-refractivity contribution in [2.75, 3.05) is 32.8 Å². The SMILES string of the molecule is O=C(C1CCCC1)N(CC1CCN(Cc2ccccc2F)CC1)C[C@H]1CCCO1. The molecule has 29 heavy (non-hydrogen) atoms. The normalized spacial score (nSPS) is 24.2. The van der Waals surface area contributed by atoms with Gasteiger partial charge in [-0.1, -0.05) is 31.0 Å². The number of hydrogen-bond acceptors (Lipinski definition) is 3. The van der Waals surface area contributed by atoms with Crippen LogP contribution in [0.3, 0.4) is 0 Å². The average molecular weight is 403 g/mol. The van der Waals surface area contributed by atoms with E-state index in [2.05, 4.69) is 9.80 Å². The second-order valence-electron chi connectivity index (χ2n) is 9.17. The van der Waals surface area contributed by atoms with Crippen molar-refractivity contribution < 1.29 is 13.9 Å². The highest BCUT2D eigenvalue weighted by atomic mass is 19.1. The third-order valence-electron chi connectivity index (χ3n) is 7.00. The first-order chi connectivity index (χ1) is 14.2. The van der Waals surface area contributed by atoms with Crippen LogP contribution in [-0.2, 0) is 16.1 Å². The van der Waals surface area contributed by atoms with Gasteiger partial charge in [-0.2, -0.15) is 0 Å². The minimum Gasteiger partial charge on any atom is -0.376 e. The number of halogens is 1. The van der Waals surface area contributed by atoms with Crippen LogP contribution in [0.15, 0.2) is 24.3 Å². The number of likely N-dealkylation sites (tertiary alicyclic amines) is 1. The molecule has 5 heteroatoms. The quantitative estimate of drug-likeness (QED) is 0.684. The van der Waals surface area contributed by atoms with Gasteiger partial charge < -0.3 is 9.64 Å². The third kappa shape index (κ3) is 5.58. The maximum Gasteiger partial charge on any atom is 0.225 e. The molecule has 3 fully saturated rings. The van der Waals surface area contributed by atoms with Gasteiger partial charge in [-0.25, -0.2) is 4.39 Å². The van der Waals surface area contributed by atoms with Gasteiger partial charge in [-0.3, -0.25) is 9.69 Å².